The monoisotopic (exact) mass is 209 g/mol. The van der Waals surface area contributed by atoms with Gasteiger partial charge in [0.1, 0.15) is 5.75 Å². The Hall–Kier alpha value is -1.58. The minimum Gasteiger partial charge on any atom is -0.508 e. The first-order valence-electron chi connectivity index (χ1n) is 4.86. The van der Waals surface area contributed by atoms with Crippen molar-refractivity contribution >= 4 is 5.69 Å². The Morgan fingerprint density at radius 1 is 1.47 bits per heavy atom. The lowest BCUT2D eigenvalue weighted by molar-refractivity contribution is -0.385. The van der Waals surface area contributed by atoms with Gasteiger partial charge in [-0.2, -0.15) is 0 Å². The molecule has 0 fully saturated rings. The molecule has 0 saturated carbocycles. The summed E-state index contributed by atoms with van der Waals surface area (Å²) in [4.78, 5) is 10.2. The van der Waals surface area contributed by atoms with Crippen LogP contribution in [0.3, 0.4) is 0 Å². The topological polar surface area (TPSA) is 63.4 Å². The third-order valence-electron chi connectivity index (χ3n) is 2.80. The first kappa shape index (κ1) is 11.5. The van der Waals surface area contributed by atoms with Gasteiger partial charge in [0.2, 0.25) is 0 Å². The molecule has 0 spiro atoms. The average Bonchev–Trinajstić information content (AvgIpc) is 2.17. The zero-order valence-corrected chi connectivity index (χ0v) is 9.15. The second-order valence-corrected chi connectivity index (χ2v) is 4.20. The number of nitro groups is 1. The molecule has 0 unspecified atom stereocenters. The van der Waals surface area contributed by atoms with Gasteiger partial charge in [0.05, 0.1) is 4.92 Å². The Labute approximate surface area is 88.7 Å². The van der Waals surface area contributed by atoms with Gasteiger partial charge in [0.15, 0.2) is 0 Å². The highest BCUT2D eigenvalue weighted by Crippen LogP contribution is 2.35. The molecule has 0 atom stereocenters. The third-order valence-corrected chi connectivity index (χ3v) is 2.80. The first-order chi connectivity index (χ1) is 6.88. The maximum absolute atomic E-state index is 10.6. The molecule has 15 heavy (non-hydrogen) atoms. The second kappa shape index (κ2) is 3.88. The molecule has 0 amide bonds. The normalized spacial score (nSPS) is 11.4. The number of phenols is 1. The Morgan fingerprint density at radius 3 is 2.53 bits per heavy atom. The van der Waals surface area contributed by atoms with Crippen molar-refractivity contribution in [2.75, 3.05) is 0 Å². The van der Waals surface area contributed by atoms with E-state index in [2.05, 4.69) is 0 Å². The number of benzene rings is 1. The zero-order chi connectivity index (χ0) is 11.6. The summed E-state index contributed by atoms with van der Waals surface area (Å²) in [6.45, 7) is 5.88. The van der Waals surface area contributed by atoms with Crippen LogP contribution < -0.4 is 0 Å². The van der Waals surface area contributed by atoms with Gasteiger partial charge in [0.25, 0.3) is 5.69 Å². The van der Waals surface area contributed by atoms with Gasteiger partial charge in [-0.05, 0) is 17.9 Å². The maximum atomic E-state index is 10.6. The predicted octanol–water partition coefficient (Wildman–Crippen LogP) is 2.99. The van der Waals surface area contributed by atoms with Crippen LogP contribution in [0.15, 0.2) is 18.2 Å². The quantitative estimate of drug-likeness (QED) is 0.614. The minimum absolute atomic E-state index is 0.0179. The van der Waals surface area contributed by atoms with Gasteiger partial charge in [-0.1, -0.05) is 20.8 Å². The number of non-ortho nitro benzene ring substituents is 1. The second-order valence-electron chi connectivity index (χ2n) is 4.20. The Bertz CT molecular complexity index is 385. The molecule has 1 rings (SSSR count). The first-order valence-corrected chi connectivity index (χ1v) is 4.86. The number of hydrogen-bond acceptors (Lipinski definition) is 3. The number of phenolic OH excluding ortho intramolecular Hbond substituents is 1. The van der Waals surface area contributed by atoms with E-state index in [1.807, 2.05) is 20.8 Å². The molecule has 1 aromatic carbocycles. The van der Waals surface area contributed by atoms with Crippen molar-refractivity contribution in [2.24, 2.45) is 0 Å². The molecule has 0 aliphatic carbocycles. The number of nitrogens with zero attached hydrogens (tertiary/aromatic N) is 1. The molecule has 1 aromatic rings. The highest BCUT2D eigenvalue weighted by atomic mass is 16.6. The number of rotatable bonds is 3. The smallest absolute Gasteiger partial charge is 0.269 e. The van der Waals surface area contributed by atoms with E-state index in [9.17, 15) is 15.2 Å². The predicted molar refractivity (Wildman–Crippen MR) is 58.1 cm³/mol. The number of hydrogen-bond donors (Lipinski definition) is 1. The van der Waals surface area contributed by atoms with Crippen LogP contribution in [-0.2, 0) is 5.41 Å². The molecule has 0 aromatic heterocycles. The lowest BCUT2D eigenvalue weighted by Crippen LogP contribution is -2.15. The van der Waals surface area contributed by atoms with Crippen molar-refractivity contribution in [3.8, 4) is 5.75 Å². The van der Waals surface area contributed by atoms with Crippen molar-refractivity contribution in [2.45, 2.75) is 32.6 Å². The molecule has 4 nitrogen and oxygen atoms in total. The fourth-order valence-corrected chi connectivity index (χ4v) is 1.37. The fourth-order valence-electron chi connectivity index (χ4n) is 1.37. The van der Waals surface area contributed by atoms with Crippen LogP contribution in [0.2, 0.25) is 0 Å². The molecular weight excluding hydrogens is 194 g/mol. The largest absolute Gasteiger partial charge is 0.508 e. The van der Waals surface area contributed by atoms with Crippen LogP contribution >= 0.6 is 0 Å². The maximum Gasteiger partial charge on any atom is 0.269 e. The van der Waals surface area contributed by atoms with E-state index < -0.39 is 4.92 Å². The van der Waals surface area contributed by atoms with Crippen molar-refractivity contribution in [1.82, 2.24) is 0 Å². The van der Waals surface area contributed by atoms with E-state index in [1.54, 1.807) is 0 Å². The van der Waals surface area contributed by atoms with Gasteiger partial charge in [-0.15, -0.1) is 0 Å². The molecule has 0 radical (unpaired) electrons. The van der Waals surface area contributed by atoms with Crippen molar-refractivity contribution < 1.29 is 10.0 Å². The lowest BCUT2D eigenvalue weighted by Gasteiger charge is -2.23. The zero-order valence-electron chi connectivity index (χ0n) is 9.15. The van der Waals surface area contributed by atoms with Crippen LogP contribution in [0.25, 0.3) is 0 Å². The van der Waals surface area contributed by atoms with Crippen molar-refractivity contribution in [3.05, 3.63) is 33.9 Å². The van der Waals surface area contributed by atoms with Crippen LogP contribution in [0, 0.1) is 10.1 Å². The molecule has 0 aliphatic rings. The highest BCUT2D eigenvalue weighted by Gasteiger charge is 2.24. The SMILES string of the molecule is CCC(C)(C)c1cc([N+](=O)[O-])ccc1O. The summed E-state index contributed by atoms with van der Waals surface area (Å²) in [7, 11) is 0. The van der Waals surface area contributed by atoms with E-state index in [1.165, 1.54) is 18.2 Å². The summed E-state index contributed by atoms with van der Waals surface area (Å²) in [6, 6.07) is 4.13. The van der Waals surface area contributed by atoms with E-state index in [0.29, 0.717) is 5.56 Å². The highest BCUT2D eigenvalue weighted by molar-refractivity contribution is 5.46. The molecule has 0 bridgehead atoms. The van der Waals surface area contributed by atoms with Gasteiger partial charge in [0, 0.05) is 17.7 Å². The molecular formula is C11H15NO3. The molecule has 0 saturated heterocycles. The molecule has 1 N–H and O–H groups in total. The van der Waals surface area contributed by atoms with Crippen LogP contribution in [0.5, 0.6) is 5.75 Å². The fraction of sp³-hybridized carbons (Fsp3) is 0.455. The summed E-state index contributed by atoms with van der Waals surface area (Å²) in [5, 5.41) is 20.3. The van der Waals surface area contributed by atoms with E-state index in [4.69, 9.17) is 0 Å². The Kier molecular flexibility index (Phi) is 2.98. The van der Waals surface area contributed by atoms with Gasteiger partial charge in [-0.25, -0.2) is 0 Å². The summed E-state index contributed by atoms with van der Waals surface area (Å²) < 4.78 is 0. The van der Waals surface area contributed by atoms with E-state index in [0.717, 1.165) is 6.42 Å². The number of aromatic hydroxyl groups is 1. The van der Waals surface area contributed by atoms with E-state index >= 15 is 0 Å². The third kappa shape index (κ3) is 2.26. The average molecular weight is 209 g/mol. The molecule has 0 heterocycles. The molecule has 4 heteroatoms. The van der Waals surface area contributed by atoms with E-state index in [-0.39, 0.29) is 16.9 Å². The molecule has 82 valence electrons. The van der Waals surface area contributed by atoms with Gasteiger partial charge < -0.3 is 5.11 Å². The van der Waals surface area contributed by atoms with Crippen molar-refractivity contribution in [3.63, 3.8) is 0 Å². The summed E-state index contributed by atoms with van der Waals surface area (Å²) >= 11 is 0. The lowest BCUT2D eigenvalue weighted by atomic mass is 9.81. The minimum atomic E-state index is -0.450. The van der Waals surface area contributed by atoms with Crippen molar-refractivity contribution in [1.29, 1.82) is 0 Å². The van der Waals surface area contributed by atoms with Crippen LogP contribution in [0.4, 0.5) is 5.69 Å². The standard InChI is InChI=1S/C11H15NO3/c1-4-11(2,3)9-7-8(12(14)15)5-6-10(9)13/h5-7,13H,4H2,1-3H3. The summed E-state index contributed by atoms with van der Waals surface area (Å²) in [5.41, 5.74) is 0.388. The summed E-state index contributed by atoms with van der Waals surface area (Å²) in [6.07, 6.45) is 0.807. The van der Waals surface area contributed by atoms with Crippen LogP contribution in [-0.4, -0.2) is 10.0 Å². The van der Waals surface area contributed by atoms with Gasteiger partial charge >= 0.3 is 0 Å². The van der Waals surface area contributed by atoms with Gasteiger partial charge in [-0.3, -0.25) is 10.1 Å². The Morgan fingerprint density at radius 2 is 2.07 bits per heavy atom. The number of nitro benzene ring substituents is 1. The van der Waals surface area contributed by atoms with Crippen LogP contribution in [0.1, 0.15) is 32.8 Å². The summed E-state index contributed by atoms with van der Waals surface area (Å²) in [5.74, 6) is 0.118. The molecule has 0 aliphatic heterocycles. The Balaban J connectivity index is 3.28.